The van der Waals surface area contributed by atoms with Crippen LogP contribution < -0.4 is 10.6 Å². The number of benzene rings is 3. The molecule has 0 bridgehead atoms. The molecule has 0 radical (unpaired) electrons. The summed E-state index contributed by atoms with van der Waals surface area (Å²) in [6.07, 6.45) is 6.67. The van der Waals surface area contributed by atoms with Gasteiger partial charge in [-0.1, -0.05) is 79.6 Å². The second-order valence-electron chi connectivity index (χ2n) is 8.90. The third-order valence-electron chi connectivity index (χ3n) is 6.42. The average molecular weight is 480 g/mol. The predicted molar refractivity (Wildman–Crippen MR) is 144 cm³/mol. The van der Waals surface area contributed by atoms with Gasteiger partial charge in [-0.3, -0.25) is 0 Å². The van der Waals surface area contributed by atoms with Crippen LogP contribution in [-0.2, 0) is 13.0 Å². The number of nitrogens with zero attached hydrogens (tertiary/aromatic N) is 3. The Labute approximate surface area is 211 Å². The lowest BCUT2D eigenvalue weighted by Gasteiger charge is -2.24. The summed E-state index contributed by atoms with van der Waals surface area (Å²) in [5.74, 6) is 1.55. The van der Waals surface area contributed by atoms with Crippen molar-refractivity contribution in [1.82, 2.24) is 9.97 Å². The van der Waals surface area contributed by atoms with Crippen molar-refractivity contribution in [2.24, 2.45) is 0 Å². The molecule has 5 nitrogen and oxygen atoms in total. The number of rotatable bonds is 8. The van der Waals surface area contributed by atoms with Crippen LogP contribution in [0.25, 0.3) is 10.9 Å². The van der Waals surface area contributed by atoms with Crippen molar-refractivity contribution >= 4 is 34.4 Å². The number of aromatic nitrogens is 2. The highest BCUT2D eigenvalue weighted by atomic mass is 32.2. The minimum Gasteiger partial charge on any atom is -0.367 e. The molecule has 0 spiro atoms. The van der Waals surface area contributed by atoms with E-state index in [1.807, 2.05) is 36.4 Å². The van der Waals surface area contributed by atoms with Gasteiger partial charge < -0.3 is 10.6 Å². The molecular weight excluding hydrogens is 450 g/mol. The first-order valence-electron chi connectivity index (χ1n) is 12.3. The minimum absolute atomic E-state index is 0.408. The van der Waals surface area contributed by atoms with E-state index in [-0.39, 0.29) is 0 Å². The number of para-hydroxylation sites is 1. The fourth-order valence-electron chi connectivity index (χ4n) is 4.58. The largest absolute Gasteiger partial charge is 0.367 e. The van der Waals surface area contributed by atoms with Crippen molar-refractivity contribution in [1.29, 1.82) is 5.26 Å². The molecule has 2 N–H and O–H groups in total. The van der Waals surface area contributed by atoms with Gasteiger partial charge in [-0.2, -0.15) is 10.2 Å². The third kappa shape index (κ3) is 5.75. The highest BCUT2D eigenvalue weighted by molar-refractivity contribution is 7.99. The normalized spacial score (nSPS) is 13.9. The summed E-state index contributed by atoms with van der Waals surface area (Å²) in [4.78, 5) is 11.9. The summed E-state index contributed by atoms with van der Waals surface area (Å²) >= 11 is 1.70. The quantitative estimate of drug-likeness (QED) is 0.278. The zero-order valence-electron chi connectivity index (χ0n) is 19.7. The van der Waals surface area contributed by atoms with Gasteiger partial charge >= 0.3 is 0 Å². The van der Waals surface area contributed by atoms with Crippen LogP contribution in [-0.4, -0.2) is 16.0 Å². The summed E-state index contributed by atoms with van der Waals surface area (Å²) in [7, 11) is 0. The Bertz CT molecular complexity index is 1340. The second-order valence-corrected chi connectivity index (χ2v) is 9.98. The lowest BCUT2D eigenvalue weighted by Crippen LogP contribution is -2.23. The first-order chi connectivity index (χ1) is 17.3. The van der Waals surface area contributed by atoms with E-state index in [0.29, 0.717) is 25.0 Å². The molecule has 4 aromatic rings. The van der Waals surface area contributed by atoms with Gasteiger partial charge in [-0.25, -0.2) is 4.98 Å². The first kappa shape index (κ1) is 23.2. The average Bonchev–Trinajstić information content (AvgIpc) is 2.90. The van der Waals surface area contributed by atoms with Crippen LogP contribution in [0.15, 0.2) is 82.6 Å². The molecule has 1 aliphatic rings. The maximum atomic E-state index is 9.19. The molecule has 1 saturated carbocycles. The van der Waals surface area contributed by atoms with Crippen molar-refractivity contribution in [3.63, 3.8) is 0 Å². The predicted octanol–water partition coefficient (Wildman–Crippen LogP) is 7.20. The number of nitriles is 1. The van der Waals surface area contributed by atoms with Crippen LogP contribution in [0.3, 0.4) is 0 Å². The van der Waals surface area contributed by atoms with E-state index >= 15 is 0 Å². The molecule has 1 fully saturated rings. The molecule has 0 amide bonds. The Morgan fingerprint density at radius 1 is 0.829 bits per heavy atom. The van der Waals surface area contributed by atoms with Gasteiger partial charge in [0.2, 0.25) is 5.95 Å². The van der Waals surface area contributed by atoms with E-state index in [4.69, 9.17) is 9.97 Å². The Hall–Kier alpha value is -3.56. The molecule has 1 aromatic heterocycles. The zero-order chi connectivity index (χ0) is 23.9. The summed E-state index contributed by atoms with van der Waals surface area (Å²) in [5, 5.41) is 17.4. The number of hydrogen-bond donors (Lipinski definition) is 2. The topological polar surface area (TPSA) is 73.6 Å². The molecule has 35 heavy (non-hydrogen) atoms. The molecule has 0 saturated heterocycles. The molecule has 1 aliphatic carbocycles. The molecule has 3 aromatic carbocycles. The summed E-state index contributed by atoms with van der Waals surface area (Å²) < 4.78 is 0. The van der Waals surface area contributed by atoms with Crippen LogP contribution in [0, 0.1) is 11.3 Å². The Morgan fingerprint density at radius 3 is 2.31 bits per heavy atom. The van der Waals surface area contributed by atoms with Gasteiger partial charge in [0.25, 0.3) is 0 Å². The molecule has 176 valence electrons. The molecule has 0 unspecified atom stereocenters. The summed E-state index contributed by atoms with van der Waals surface area (Å²) in [6.45, 7) is 0.616. The van der Waals surface area contributed by atoms with Crippen LogP contribution in [0.4, 0.5) is 11.8 Å². The van der Waals surface area contributed by atoms with Gasteiger partial charge in [-0.15, -0.1) is 0 Å². The van der Waals surface area contributed by atoms with Crippen molar-refractivity contribution in [2.45, 2.75) is 60.9 Å². The maximum absolute atomic E-state index is 9.19. The van der Waals surface area contributed by atoms with E-state index in [1.165, 1.54) is 37.7 Å². The Balaban J connectivity index is 1.37. The van der Waals surface area contributed by atoms with Crippen LogP contribution >= 0.6 is 11.8 Å². The molecule has 0 aliphatic heterocycles. The van der Waals surface area contributed by atoms with E-state index in [0.717, 1.165) is 32.1 Å². The van der Waals surface area contributed by atoms with Crippen LogP contribution in [0.2, 0.25) is 0 Å². The Morgan fingerprint density at radius 2 is 1.51 bits per heavy atom. The lowest BCUT2D eigenvalue weighted by molar-refractivity contribution is 0.462. The van der Waals surface area contributed by atoms with Crippen LogP contribution in [0.5, 0.6) is 0 Å². The molecule has 6 heteroatoms. The minimum atomic E-state index is 0.408. The third-order valence-corrected chi connectivity index (χ3v) is 7.66. The monoisotopic (exact) mass is 479 g/mol. The van der Waals surface area contributed by atoms with Gasteiger partial charge in [0.1, 0.15) is 5.82 Å². The molecular formula is C29H29N5S. The van der Waals surface area contributed by atoms with E-state index in [9.17, 15) is 5.26 Å². The van der Waals surface area contributed by atoms with Crippen molar-refractivity contribution < 1.29 is 0 Å². The Kier molecular flexibility index (Phi) is 7.45. The fraction of sp³-hybridized carbons (Fsp3) is 0.276. The number of anilines is 2. The highest BCUT2D eigenvalue weighted by Gasteiger charge is 2.16. The number of fused-ring (bicyclic) bond motifs is 1. The van der Waals surface area contributed by atoms with Gasteiger partial charge in [-0.05, 0) is 48.2 Å². The molecule has 0 atom stereocenters. The van der Waals surface area contributed by atoms with Crippen LogP contribution in [0.1, 0.15) is 43.2 Å². The van der Waals surface area contributed by atoms with Gasteiger partial charge in [0.05, 0.1) is 18.0 Å². The standard InChI is InChI=1S/C29H29N5S/c30-19-18-21-10-4-8-16-26(21)35-27-17-9-5-11-22(27)20-31-29-33-25-15-7-6-14-24(25)28(34-29)32-23-12-2-1-3-13-23/h4-11,14-17,23H,1-3,12-13,18,20H2,(H2,31,32,33,34). The van der Waals surface area contributed by atoms with Crippen molar-refractivity contribution in [3.8, 4) is 6.07 Å². The molecule has 1 heterocycles. The molecule has 5 rings (SSSR count). The first-order valence-corrected chi connectivity index (χ1v) is 13.1. The SMILES string of the molecule is N#CCc1ccccc1Sc1ccccc1CNc1nc(NC2CCCCC2)c2ccccc2n1. The van der Waals surface area contributed by atoms with Gasteiger partial charge in [0, 0.05) is 27.8 Å². The smallest absolute Gasteiger partial charge is 0.225 e. The van der Waals surface area contributed by atoms with Crippen molar-refractivity contribution in [3.05, 3.63) is 83.9 Å². The van der Waals surface area contributed by atoms with E-state index < -0.39 is 0 Å². The zero-order valence-corrected chi connectivity index (χ0v) is 20.5. The summed E-state index contributed by atoms with van der Waals surface area (Å²) in [5.41, 5.74) is 3.17. The van der Waals surface area contributed by atoms with Gasteiger partial charge in [0.15, 0.2) is 0 Å². The van der Waals surface area contributed by atoms with E-state index in [2.05, 4.69) is 53.1 Å². The highest BCUT2D eigenvalue weighted by Crippen LogP contribution is 2.33. The lowest BCUT2D eigenvalue weighted by atomic mass is 9.95. The maximum Gasteiger partial charge on any atom is 0.225 e. The second kappa shape index (κ2) is 11.2. The van der Waals surface area contributed by atoms with Crippen molar-refractivity contribution in [2.75, 3.05) is 10.6 Å². The fourth-order valence-corrected chi connectivity index (χ4v) is 5.66. The van der Waals surface area contributed by atoms with E-state index in [1.54, 1.807) is 11.8 Å². The summed E-state index contributed by atoms with van der Waals surface area (Å²) in [6, 6.07) is 27.4. The number of hydrogen-bond acceptors (Lipinski definition) is 6. The number of nitrogens with one attached hydrogen (secondary N) is 2.